The normalized spacial score (nSPS) is 16.8. The lowest BCUT2D eigenvalue weighted by atomic mass is 10.2. The third kappa shape index (κ3) is 1.70. The smallest absolute Gasteiger partial charge is 0.201 e. The molecule has 3 rings (SSSR count). The highest BCUT2D eigenvalue weighted by atomic mass is 16.7. The maximum atomic E-state index is 5.38. The van der Waals surface area contributed by atoms with Gasteiger partial charge in [-0.1, -0.05) is 6.07 Å². The van der Waals surface area contributed by atoms with Gasteiger partial charge in [-0.15, -0.1) is 0 Å². The molecule has 1 aliphatic rings. The predicted octanol–water partition coefficient (Wildman–Crippen LogP) is 1.78. The van der Waals surface area contributed by atoms with Crippen LogP contribution in [0.15, 0.2) is 35.2 Å². The van der Waals surface area contributed by atoms with Crippen molar-refractivity contribution >= 4 is 0 Å². The van der Waals surface area contributed by atoms with E-state index in [1.54, 1.807) is 6.20 Å². The van der Waals surface area contributed by atoms with Crippen LogP contribution in [0.2, 0.25) is 0 Å². The largest absolute Gasteiger partial charge is 0.442 e. The highest BCUT2D eigenvalue weighted by Gasteiger charge is 2.20. The van der Waals surface area contributed by atoms with E-state index in [1.807, 2.05) is 18.2 Å². The van der Waals surface area contributed by atoms with Crippen molar-refractivity contribution < 1.29 is 13.9 Å². The van der Waals surface area contributed by atoms with Gasteiger partial charge in [-0.25, -0.2) is 9.97 Å². The van der Waals surface area contributed by atoms with Crippen LogP contribution < -0.4 is 0 Å². The van der Waals surface area contributed by atoms with E-state index in [0.717, 1.165) is 11.4 Å². The van der Waals surface area contributed by atoms with Gasteiger partial charge >= 0.3 is 0 Å². The van der Waals surface area contributed by atoms with Crippen LogP contribution in [0.3, 0.4) is 0 Å². The van der Waals surface area contributed by atoms with Crippen LogP contribution in [0.1, 0.15) is 12.0 Å². The van der Waals surface area contributed by atoms with E-state index in [2.05, 4.69) is 9.97 Å². The van der Waals surface area contributed by atoms with Crippen LogP contribution in [-0.2, 0) is 9.47 Å². The Morgan fingerprint density at radius 2 is 2.06 bits per heavy atom. The monoisotopic (exact) mass is 218 g/mol. The van der Waals surface area contributed by atoms with Gasteiger partial charge in [-0.3, -0.25) is 0 Å². The molecule has 2 aromatic rings. The maximum absolute atomic E-state index is 5.38. The second kappa shape index (κ2) is 4.03. The summed E-state index contributed by atoms with van der Waals surface area (Å²) in [4.78, 5) is 8.27. The standard InChI is InChI=1S/C11H10N2O3/c1-2-8(10-6-12-7-16-10)13-9(3-1)11-14-4-5-15-11/h1-3,6-7,11H,4-5H2. The second-order valence-electron chi connectivity index (χ2n) is 3.39. The zero-order chi connectivity index (χ0) is 10.8. The van der Waals surface area contributed by atoms with Gasteiger partial charge in [-0.2, -0.15) is 0 Å². The number of hydrogen-bond donors (Lipinski definition) is 0. The Hall–Kier alpha value is -1.72. The number of hydrogen-bond acceptors (Lipinski definition) is 5. The van der Waals surface area contributed by atoms with Crippen molar-refractivity contribution in [3.8, 4) is 11.5 Å². The Kier molecular flexibility index (Phi) is 2.40. The van der Waals surface area contributed by atoms with E-state index in [4.69, 9.17) is 13.9 Å². The first-order valence-corrected chi connectivity index (χ1v) is 5.02. The Bertz CT molecular complexity index is 464. The van der Waals surface area contributed by atoms with Crippen molar-refractivity contribution in [2.75, 3.05) is 13.2 Å². The molecule has 1 fully saturated rings. The lowest BCUT2D eigenvalue weighted by Crippen LogP contribution is -2.01. The molecule has 5 nitrogen and oxygen atoms in total. The number of nitrogens with zero attached hydrogens (tertiary/aromatic N) is 2. The van der Waals surface area contributed by atoms with E-state index in [1.165, 1.54) is 6.39 Å². The minimum absolute atomic E-state index is 0.358. The zero-order valence-electron chi connectivity index (χ0n) is 8.50. The van der Waals surface area contributed by atoms with Crippen LogP contribution in [0.5, 0.6) is 0 Å². The molecule has 0 spiro atoms. The molecule has 1 saturated heterocycles. The lowest BCUT2D eigenvalue weighted by molar-refractivity contribution is -0.0472. The summed E-state index contributed by atoms with van der Waals surface area (Å²) in [5.41, 5.74) is 1.49. The summed E-state index contributed by atoms with van der Waals surface area (Å²) in [6, 6.07) is 5.63. The van der Waals surface area contributed by atoms with Gasteiger partial charge in [-0.05, 0) is 12.1 Å². The van der Waals surface area contributed by atoms with Crippen LogP contribution >= 0.6 is 0 Å². The first-order chi connectivity index (χ1) is 7.93. The molecule has 1 aliphatic heterocycles. The molecule has 0 atom stereocenters. The van der Waals surface area contributed by atoms with E-state index >= 15 is 0 Å². The van der Waals surface area contributed by atoms with Gasteiger partial charge < -0.3 is 13.9 Å². The van der Waals surface area contributed by atoms with Crippen molar-refractivity contribution in [2.24, 2.45) is 0 Å². The third-order valence-corrected chi connectivity index (χ3v) is 2.32. The van der Waals surface area contributed by atoms with Gasteiger partial charge in [0.05, 0.1) is 25.1 Å². The van der Waals surface area contributed by atoms with Crippen LogP contribution in [0.4, 0.5) is 0 Å². The van der Waals surface area contributed by atoms with Gasteiger partial charge in [0, 0.05) is 0 Å². The minimum atomic E-state index is -0.358. The highest BCUT2D eigenvalue weighted by molar-refractivity contribution is 5.50. The predicted molar refractivity (Wildman–Crippen MR) is 54.4 cm³/mol. The molecule has 0 radical (unpaired) electrons. The zero-order valence-corrected chi connectivity index (χ0v) is 8.50. The fourth-order valence-corrected chi connectivity index (χ4v) is 1.59. The quantitative estimate of drug-likeness (QED) is 0.769. The van der Waals surface area contributed by atoms with Crippen molar-refractivity contribution in [3.05, 3.63) is 36.5 Å². The summed E-state index contributed by atoms with van der Waals surface area (Å²) in [5.74, 6) is 0.639. The fraction of sp³-hybridized carbons (Fsp3) is 0.273. The van der Waals surface area contributed by atoms with E-state index in [-0.39, 0.29) is 6.29 Å². The van der Waals surface area contributed by atoms with Crippen molar-refractivity contribution in [1.29, 1.82) is 0 Å². The SMILES string of the molecule is c1cc(-c2cnco2)nc(C2OCCO2)c1. The Morgan fingerprint density at radius 1 is 1.19 bits per heavy atom. The summed E-state index contributed by atoms with van der Waals surface area (Å²) in [7, 11) is 0. The van der Waals surface area contributed by atoms with E-state index in [9.17, 15) is 0 Å². The van der Waals surface area contributed by atoms with Gasteiger partial charge in [0.25, 0.3) is 0 Å². The Morgan fingerprint density at radius 3 is 2.81 bits per heavy atom. The Labute approximate surface area is 92.0 Å². The van der Waals surface area contributed by atoms with Crippen LogP contribution in [0.25, 0.3) is 11.5 Å². The molecule has 3 heterocycles. The van der Waals surface area contributed by atoms with Crippen molar-refractivity contribution in [2.45, 2.75) is 6.29 Å². The van der Waals surface area contributed by atoms with E-state index < -0.39 is 0 Å². The van der Waals surface area contributed by atoms with Gasteiger partial charge in [0.15, 0.2) is 12.2 Å². The summed E-state index contributed by atoms with van der Waals surface area (Å²) in [6.45, 7) is 1.22. The van der Waals surface area contributed by atoms with E-state index in [0.29, 0.717) is 19.0 Å². The number of pyridine rings is 1. The minimum Gasteiger partial charge on any atom is -0.442 e. The number of oxazole rings is 1. The molecule has 0 aromatic carbocycles. The van der Waals surface area contributed by atoms with Gasteiger partial charge in [0.1, 0.15) is 5.69 Å². The topological polar surface area (TPSA) is 57.4 Å². The summed E-state index contributed by atoms with van der Waals surface area (Å²) >= 11 is 0. The molecule has 0 bridgehead atoms. The Balaban J connectivity index is 1.93. The molecule has 0 saturated carbocycles. The first kappa shape index (κ1) is 9.50. The van der Waals surface area contributed by atoms with Gasteiger partial charge in [0.2, 0.25) is 6.29 Å². The summed E-state index contributed by atoms with van der Waals surface area (Å²) in [5, 5.41) is 0. The van der Waals surface area contributed by atoms with Crippen molar-refractivity contribution in [3.63, 3.8) is 0 Å². The second-order valence-corrected chi connectivity index (χ2v) is 3.39. The molecule has 82 valence electrons. The molecular formula is C11H10N2O3. The molecule has 0 amide bonds. The molecule has 0 N–H and O–H groups in total. The molecular weight excluding hydrogens is 208 g/mol. The molecule has 0 unspecified atom stereocenters. The molecule has 0 aliphatic carbocycles. The molecule has 16 heavy (non-hydrogen) atoms. The van der Waals surface area contributed by atoms with Crippen LogP contribution in [0, 0.1) is 0 Å². The molecule has 2 aromatic heterocycles. The highest BCUT2D eigenvalue weighted by Crippen LogP contribution is 2.24. The third-order valence-electron chi connectivity index (χ3n) is 2.32. The van der Waals surface area contributed by atoms with Crippen LogP contribution in [-0.4, -0.2) is 23.2 Å². The number of aromatic nitrogens is 2. The summed E-state index contributed by atoms with van der Waals surface area (Å²) < 4.78 is 15.9. The number of rotatable bonds is 2. The first-order valence-electron chi connectivity index (χ1n) is 5.02. The fourth-order valence-electron chi connectivity index (χ4n) is 1.59. The number of ether oxygens (including phenoxy) is 2. The maximum Gasteiger partial charge on any atom is 0.201 e. The average molecular weight is 218 g/mol. The molecule has 5 heteroatoms. The average Bonchev–Trinajstić information content (AvgIpc) is 3.03. The van der Waals surface area contributed by atoms with Crippen molar-refractivity contribution in [1.82, 2.24) is 9.97 Å². The summed E-state index contributed by atoms with van der Waals surface area (Å²) in [6.07, 6.45) is 2.65. The lowest BCUT2D eigenvalue weighted by Gasteiger charge is -2.08.